The van der Waals surface area contributed by atoms with Crippen molar-refractivity contribution in [2.24, 2.45) is 0 Å². The van der Waals surface area contributed by atoms with Crippen molar-refractivity contribution in [2.75, 3.05) is 0 Å². The number of carbonyl (C=O) groups is 5. The van der Waals surface area contributed by atoms with E-state index in [1.165, 1.54) is 23.6 Å². The molecule has 3 amide bonds. The Bertz CT molecular complexity index is 681. The summed E-state index contributed by atoms with van der Waals surface area (Å²) in [5, 5.41) is 22.8. The smallest absolute Gasteiger partial charge is 0.327 e. The van der Waals surface area contributed by atoms with Crippen molar-refractivity contribution < 1.29 is 34.2 Å². The number of rotatable bonds is 8. The molecule has 2 aliphatic rings. The number of aliphatic carboxylic acids is 2. The van der Waals surface area contributed by atoms with Crippen LogP contribution in [0.4, 0.5) is 0 Å². The van der Waals surface area contributed by atoms with Gasteiger partial charge < -0.3 is 25.7 Å². The average Bonchev–Trinajstić information content (AvgIpc) is 2.79. The molecular formula is C16H23N3O7S. The standard InChI is InChI=1S/C16H23N3O7S/c1-7(20)17-8(14(23)24)5-4-6-9(21)18-10-12(22)19-11(15(25)26)16(2,3)27-13(10)19/h8,10-11,13H,4-6H2,1-3H3,(H,17,20)(H,18,21)(H,23,24)(H,25,26)/t8?,10-,11+,13?/m1/s1. The first-order chi connectivity index (χ1) is 12.5. The minimum atomic E-state index is -1.18. The van der Waals surface area contributed by atoms with Gasteiger partial charge in [0.25, 0.3) is 0 Å². The van der Waals surface area contributed by atoms with Gasteiger partial charge in [-0.3, -0.25) is 14.4 Å². The number of fused-ring (bicyclic) bond motifs is 1. The molecule has 0 radical (unpaired) electrons. The van der Waals surface area contributed by atoms with Crippen LogP contribution in [0.2, 0.25) is 0 Å². The number of β-lactam (4-membered cyclic amide) rings is 1. The molecule has 2 fully saturated rings. The molecule has 0 aromatic carbocycles. The highest BCUT2D eigenvalue weighted by molar-refractivity contribution is 8.01. The van der Waals surface area contributed by atoms with E-state index in [-0.39, 0.29) is 19.3 Å². The van der Waals surface area contributed by atoms with Crippen LogP contribution < -0.4 is 10.6 Å². The van der Waals surface area contributed by atoms with Crippen LogP contribution in [0.15, 0.2) is 0 Å². The molecule has 0 aromatic rings. The lowest BCUT2D eigenvalue weighted by Crippen LogP contribution is -2.70. The van der Waals surface area contributed by atoms with Gasteiger partial charge in [0, 0.05) is 18.1 Å². The summed E-state index contributed by atoms with van der Waals surface area (Å²) in [7, 11) is 0. The lowest BCUT2D eigenvalue weighted by molar-refractivity contribution is -0.161. The zero-order chi connectivity index (χ0) is 20.5. The molecule has 0 spiro atoms. The fourth-order valence-electron chi connectivity index (χ4n) is 3.36. The van der Waals surface area contributed by atoms with E-state index in [1.807, 2.05) is 0 Å². The van der Waals surface area contributed by atoms with Crippen molar-refractivity contribution in [3.63, 3.8) is 0 Å². The van der Waals surface area contributed by atoms with E-state index in [0.717, 1.165) is 0 Å². The normalized spacial score (nSPS) is 26.6. The van der Waals surface area contributed by atoms with Crippen molar-refractivity contribution in [3.05, 3.63) is 0 Å². The third kappa shape index (κ3) is 4.34. The predicted octanol–water partition coefficient (Wildman–Crippen LogP) is -0.622. The lowest BCUT2D eigenvalue weighted by atomic mass is 9.96. The quantitative estimate of drug-likeness (QED) is 0.393. The highest BCUT2D eigenvalue weighted by Gasteiger charge is 2.64. The molecular weight excluding hydrogens is 378 g/mol. The molecule has 4 atom stereocenters. The van der Waals surface area contributed by atoms with E-state index in [0.29, 0.717) is 0 Å². The Kier molecular flexibility index (Phi) is 6.03. The summed E-state index contributed by atoms with van der Waals surface area (Å²) in [6.07, 6.45) is 0.296. The Morgan fingerprint density at radius 3 is 2.41 bits per heavy atom. The summed E-state index contributed by atoms with van der Waals surface area (Å²) in [6.45, 7) is 4.70. The third-order valence-electron chi connectivity index (χ3n) is 4.56. The Balaban J connectivity index is 1.85. The number of hydrogen-bond acceptors (Lipinski definition) is 6. The summed E-state index contributed by atoms with van der Waals surface area (Å²) in [5.74, 6) is -3.58. The van der Waals surface area contributed by atoms with E-state index >= 15 is 0 Å². The van der Waals surface area contributed by atoms with Gasteiger partial charge in [0.05, 0.1) is 0 Å². The molecule has 0 saturated carbocycles. The number of carbonyl (C=O) groups excluding carboxylic acids is 3. The second-order valence-electron chi connectivity index (χ2n) is 7.13. The van der Waals surface area contributed by atoms with Gasteiger partial charge in [-0.2, -0.15) is 0 Å². The Morgan fingerprint density at radius 1 is 1.26 bits per heavy atom. The fraction of sp³-hybridized carbons (Fsp3) is 0.688. The van der Waals surface area contributed by atoms with Crippen LogP contribution in [0.1, 0.15) is 40.0 Å². The van der Waals surface area contributed by atoms with E-state index < -0.39 is 57.9 Å². The van der Waals surface area contributed by atoms with Crippen molar-refractivity contribution in [1.82, 2.24) is 15.5 Å². The van der Waals surface area contributed by atoms with Crippen LogP contribution in [0.5, 0.6) is 0 Å². The first-order valence-corrected chi connectivity index (χ1v) is 9.35. The molecule has 2 aliphatic heterocycles. The summed E-state index contributed by atoms with van der Waals surface area (Å²) >= 11 is 1.33. The van der Waals surface area contributed by atoms with Gasteiger partial charge in [0.15, 0.2) is 0 Å². The van der Waals surface area contributed by atoms with E-state index in [9.17, 15) is 29.1 Å². The lowest BCUT2D eigenvalue weighted by Gasteiger charge is -2.43. The molecule has 2 unspecified atom stereocenters. The van der Waals surface area contributed by atoms with Gasteiger partial charge in [-0.05, 0) is 26.7 Å². The van der Waals surface area contributed by atoms with Crippen molar-refractivity contribution >= 4 is 41.4 Å². The molecule has 2 rings (SSSR count). The van der Waals surface area contributed by atoms with Gasteiger partial charge >= 0.3 is 11.9 Å². The number of nitrogens with zero attached hydrogens (tertiary/aromatic N) is 1. The summed E-state index contributed by atoms with van der Waals surface area (Å²) in [4.78, 5) is 59.1. The van der Waals surface area contributed by atoms with Crippen LogP contribution in [0, 0.1) is 0 Å². The van der Waals surface area contributed by atoms with E-state index in [1.54, 1.807) is 13.8 Å². The molecule has 2 heterocycles. The van der Waals surface area contributed by atoms with E-state index in [2.05, 4.69) is 10.6 Å². The monoisotopic (exact) mass is 401 g/mol. The fourth-order valence-corrected chi connectivity index (χ4v) is 4.99. The van der Waals surface area contributed by atoms with Crippen LogP contribution >= 0.6 is 11.8 Å². The van der Waals surface area contributed by atoms with Gasteiger partial charge in [-0.15, -0.1) is 11.8 Å². The van der Waals surface area contributed by atoms with Crippen LogP contribution in [-0.2, 0) is 24.0 Å². The summed E-state index contributed by atoms with van der Waals surface area (Å²) in [6, 6.07) is -2.79. The molecule has 0 bridgehead atoms. The SMILES string of the molecule is CC(=O)NC(CCCC(=O)N[C@@H]1C(=O)N2C1SC(C)(C)[C@@H]2C(=O)O)C(=O)O. The zero-order valence-corrected chi connectivity index (χ0v) is 16.0. The number of nitrogens with one attached hydrogen (secondary N) is 2. The second-order valence-corrected chi connectivity index (χ2v) is 8.90. The zero-order valence-electron chi connectivity index (χ0n) is 15.2. The third-order valence-corrected chi connectivity index (χ3v) is 6.14. The predicted molar refractivity (Wildman–Crippen MR) is 94.8 cm³/mol. The molecule has 11 heteroatoms. The minimum absolute atomic E-state index is 0.00369. The second kappa shape index (κ2) is 7.75. The molecule has 150 valence electrons. The van der Waals surface area contributed by atoms with Crippen LogP contribution in [0.25, 0.3) is 0 Å². The number of hydrogen-bond donors (Lipinski definition) is 4. The molecule has 27 heavy (non-hydrogen) atoms. The minimum Gasteiger partial charge on any atom is -0.480 e. The highest BCUT2D eigenvalue weighted by atomic mass is 32.2. The average molecular weight is 401 g/mol. The summed E-state index contributed by atoms with van der Waals surface area (Å²) < 4.78 is -0.668. The molecule has 0 aliphatic carbocycles. The summed E-state index contributed by atoms with van der Waals surface area (Å²) in [5.41, 5.74) is 0. The first-order valence-electron chi connectivity index (χ1n) is 8.47. The van der Waals surface area contributed by atoms with Crippen molar-refractivity contribution in [1.29, 1.82) is 0 Å². The number of carboxylic acids is 2. The van der Waals surface area contributed by atoms with Crippen LogP contribution in [-0.4, -0.2) is 73.0 Å². The van der Waals surface area contributed by atoms with Crippen LogP contribution in [0.3, 0.4) is 0 Å². The van der Waals surface area contributed by atoms with Gasteiger partial charge in [0.2, 0.25) is 17.7 Å². The van der Waals surface area contributed by atoms with Crippen molar-refractivity contribution in [2.45, 2.75) is 68.3 Å². The molecule has 10 nitrogen and oxygen atoms in total. The Labute approximate surface area is 160 Å². The topological polar surface area (TPSA) is 153 Å². The van der Waals surface area contributed by atoms with Gasteiger partial charge in [0.1, 0.15) is 23.5 Å². The maximum Gasteiger partial charge on any atom is 0.327 e. The highest BCUT2D eigenvalue weighted by Crippen LogP contribution is 2.50. The number of carboxylic acid groups (broad SMARTS) is 2. The number of amides is 3. The van der Waals surface area contributed by atoms with Gasteiger partial charge in [-0.1, -0.05) is 0 Å². The maximum absolute atomic E-state index is 12.3. The number of thioether (sulfide) groups is 1. The first kappa shape index (κ1) is 21.0. The maximum atomic E-state index is 12.3. The van der Waals surface area contributed by atoms with E-state index in [4.69, 9.17) is 5.11 Å². The largest absolute Gasteiger partial charge is 0.480 e. The molecule has 4 N–H and O–H groups in total. The Hall–Kier alpha value is -2.30. The molecule has 2 saturated heterocycles. The molecule has 0 aromatic heterocycles. The van der Waals surface area contributed by atoms with Gasteiger partial charge in [-0.25, -0.2) is 9.59 Å². The Morgan fingerprint density at radius 2 is 1.89 bits per heavy atom. The van der Waals surface area contributed by atoms with Crippen molar-refractivity contribution in [3.8, 4) is 0 Å².